The lowest BCUT2D eigenvalue weighted by Gasteiger charge is -2.29. The number of rotatable bonds is 4. The number of hydrogen-bond donors (Lipinski definition) is 1. The molecule has 2 aliphatic rings. The first-order chi connectivity index (χ1) is 7.88. The van der Waals surface area contributed by atoms with Crippen LogP contribution in [0.4, 0.5) is 0 Å². The quantitative estimate of drug-likeness (QED) is 0.840. The van der Waals surface area contributed by atoms with Crippen molar-refractivity contribution in [3.63, 3.8) is 0 Å². The second-order valence-corrected chi connectivity index (χ2v) is 5.39. The van der Waals surface area contributed by atoms with Gasteiger partial charge in [-0.2, -0.15) is 0 Å². The summed E-state index contributed by atoms with van der Waals surface area (Å²) in [6.07, 6.45) is 7.58. The Kier molecular flexibility index (Phi) is 2.76. The van der Waals surface area contributed by atoms with E-state index in [1.165, 1.54) is 25.7 Å². The summed E-state index contributed by atoms with van der Waals surface area (Å²) in [4.78, 5) is 0. The van der Waals surface area contributed by atoms with Crippen molar-refractivity contribution in [2.24, 2.45) is 17.8 Å². The summed E-state index contributed by atoms with van der Waals surface area (Å²) in [6.45, 7) is 3.21. The summed E-state index contributed by atoms with van der Waals surface area (Å²) >= 11 is 0. The largest absolute Gasteiger partial charge is 0.468 e. The van der Waals surface area contributed by atoms with Crippen LogP contribution in [0.3, 0.4) is 0 Å². The third kappa shape index (κ3) is 1.69. The normalized spacial score (nSPS) is 34.4. The molecule has 1 heterocycles. The van der Waals surface area contributed by atoms with Gasteiger partial charge < -0.3 is 9.73 Å². The van der Waals surface area contributed by atoms with Crippen LogP contribution in [0, 0.1) is 17.8 Å². The van der Waals surface area contributed by atoms with E-state index in [-0.39, 0.29) is 0 Å². The molecule has 2 aliphatic carbocycles. The zero-order valence-corrected chi connectivity index (χ0v) is 9.99. The minimum atomic E-state index is 0.454. The van der Waals surface area contributed by atoms with Crippen LogP contribution >= 0.6 is 0 Å². The van der Waals surface area contributed by atoms with Gasteiger partial charge in [0.25, 0.3) is 0 Å². The molecular formula is C14H21NO. The Balaban J connectivity index is 1.78. The van der Waals surface area contributed by atoms with E-state index in [9.17, 15) is 0 Å². The number of fused-ring (bicyclic) bond motifs is 2. The predicted molar refractivity (Wildman–Crippen MR) is 64.1 cm³/mol. The van der Waals surface area contributed by atoms with E-state index in [2.05, 4.69) is 18.3 Å². The van der Waals surface area contributed by atoms with Crippen LogP contribution in [0.2, 0.25) is 0 Å². The van der Waals surface area contributed by atoms with Crippen molar-refractivity contribution < 1.29 is 4.42 Å². The molecular weight excluding hydrogens is 198 g/mol. The summed E-state index contributed by atoms with van der Waals surface area (Å²) in [5.74, 6) is 3.90. The molecule has 2 saturated carbocycles. The number of nitrogens with one attached hydrogen (secondary N) is 1. The van der Waals surface area contributed by atoms with Crippen molar-refractivity contribution in [1.82, 2.24) is 5.32 Å². The van der Waals surface area contributed by atoms with Gasteiger partial charge in [0.2, 0.25) is 0 Å². The van der Waals surface area contributed by atoms with Crippen LogP contribution in [-0.4, -0.2) is 6.54 Å². The maximum atomic E-state index is 5.61. The molecule has 1 aromatic rings. The molecule has 2 nitrogen and oxygen atoms in total. The van der Waals surface area contributed by atoms with Crippen molar-refractivity contribution in [3.05, 3.63) is 24.2 Å². The number of furan rings is 1. The van der Waals surface area contributed by atoms with E-state index in [1.54, 1.807) is 6.26 Å². The Hall–Kier alpha value is -0.760. The lowest BCUT2D eigenvalue weighted by atomic mass is 9.82. The van der Waals surface area contributed by atoms with Gasteiger partial charge in [-0.05, 0) is 55.7 Å². The average Bonchev–Trinajstić information content (AvgIpc) is 3.01. The summed E-state index contributed by atoms with van der Waals surface area (Å²) < 4.78 is 5.61. The average molecular weight is 219 g/mol. The van der Waals surface area contributed by atoms with Crippen molar-refractivity contribution in [2.75, 3.05) is 6.54 Å². The van der Waals surface area contributed by atoms with Gasteiger partial charge in [-0.25, -0.2) is 0 Å². The molecule has 0 amide bonds. The van der Waals surface area contributed by atoms with Crippen LogP contribution in [0.1, 0.15) is 44.4 Å². The van der Waals surface area contributed by atoms with Gasteiger partial charge in [-0.1, -0.05) is 13.3 Å². The van der Waals surface area contributed by atoms with Gasteiger partial charge in [0, 0.05) is 0 Å². The molecule has 4 unspecified atom stereocenters. The highest BCUT2D eigenvalue weighted by atomic mass is 16.3. The lowest BCUT2D eigenvalue weighted by Crippen LogP contribution is -2.31. The van der Waals surface area contributed by atoms with Gasteiger partial charge in [0.1, 0.15) is 5.76 Å². The highest BCUT2D eigenvalue weighted by molar-refractivity contribution is 5.09. The Morgan fingerprint density at radius 1 is 1.44 bits per heavy atom. The first kappa shape index (κ1) is 10.4. The topological polar surface area (TPSA) is 25.2 Å². The van der Waals surface area contributed by atoms with Crippen LogP contribution < -0.4 is 5.32 Å². The molecule has 0 saturated heterocycles. The summed E-state index contributed by atoms with van der Waals surface area (Å²) in [5.41, 5.74) is 0. The molecule has 0 radical (unpaired) electrons. The molecule has 0 aliphatic heterocycles. The summed E-state index contributed by atoms with van der Waals surface area (Å²) in [7, 11) is 0. The van der Waals surface area contributed by atoms with E-state index >= 15 is 0 Å². The zero-order chi connectivity index (χ0) is 11.0. The van der Waals surface area contributed by atoms with Crippen molar-refractivity contribution in [3.8, 4) is 0 Å². The van der Waals surface area contributed by atoms with Crippen LogP contribution in [-0.2, 0) is 0 Å². The van der Waals surface area contributed by atoms with Gasteiger partial charge >= 0.3 is 0 Å². The fourth-order valence-corrected chi connectivity index (χ4v) is 3.85. The maximum absolute atomic E-state index is 5.61. The van der Waals surface area contributed by atoms with Crippen molar-refractivity contribution >= 4 is 0 Å². The highest BCUT2D eigenvalue weighted by Crippen LogP contribution is 2.52. The molecule has 1 N–H and O–H groups in total. The standard InChI is InChI=1S/C14H21NO/c1-2-15-14(13-4-3-7-16-13)12-9-10-5-6-11(12)8-10/h3-4,7,10-12,14-15H,2,5-6,8-9H2,1H3. The Bertz CT molecular complexity index is 333. The molecule has 3 rings (SSSR count). The maximum Gasteiger partial charge on any atom is 0.120 e. The summed E-state index contributed by atoms with van der Waals surface area (Å²) in [6, 6.07) is 4.59. The smallest absolute Gasteiger partial charge is 0.120 e. The van der Waals surface area contributed by atoms with E-state index in [1.807, 2.05) is 6.07 Å². The molecule has 0 aromatic carbocycles. The molecule has 1 aromatic heterocycles. The molecule has 2 bridgehead atoms. The van der Waals surface area contributed by atoms with Gasteiger partial charge in [-0.15, -0.1) is 0 Å². The minimum absolute atomic E-state index is 0.454. The van der Waals surface area contributed by atoms with Crippen LogP contribution in [0.15, 0.2) is 22.8 Å². The monoisotopic (exact) mass is 219 g/mol. The molecule has 0 spiro atoms. The zero-order valence-electron chi connectivity index (χ0n) is 9.99. The van der Waals surface area contributed by atoms with E-state index in [0.29, 0.717) is 6.04 Å². The summed E-state index contributed by atoms with van der Waals surface area (Å²) in [5, 5.41) is 3.62. The first-order valence-electron chi connectivity index (χ1n) is 6.65. The van der Waals surface area contributed by atoms with E-state index < -0.39 is 0 Å². The van der Waals surface area contributed by atoms with Gasteiger partial charge in [0.05, 0.1) is 12.3 Å². The second kappa shape index (κ2) is 4.25. The second-order valence-electron chi connectivity index (χ2n) is 5.39. The predicted octanol–water partition coefficient (Wildman–Crippen LogP) is 3.37. The Labute approximate surface area is 97.4 Å². The fraction of sp³-hybridized carbons (Fsp3) is 0.714. The minimum Gasteiger partial charge on any atom is -0.468 e. The highest BCUT2D eigenvalue weighted by Gasteiger charge is 2.43. The van der Waals surface area contributed by atoms with E-state index in [0.717, 1.165) is 30.1 Å². The van der Waals surface area contributed by atoms with Crippen LogP contribution in [0.25, 0.3) is 0 Å². The fourth-order valence-electron chi connectivity index (χ4n) is 3.85. The first-order valence-corrected chi connectivity index (χ1v) is 6.65. The number of hydrogen-bond acceptors (Lipinski definition) is 2. The molecule has 2 heteroatoms. The third-order valence-corrected chi connectivity index (χ3v) is 4.49. The molecule has 4 atom stereocenters. The van der Waals surface area contributed by atoms with Gasteiger partial charge in [0.15, 0.2) is 0 Å². The molecule has 88 valence electrons. The van der Waals surface area contributed by atoms with Crippen molar-refractivity contribution in [2.45, 2.75) is 38.6 Å². The molecule has 2 fully saturated rings. The third-order valence-electron chi connectivity index (χ3n) is 4.49. The SMILES string of the molecule is CCNC(c1ccco1)C1CC2CCC1C2. The molecule has 16 heavy (non-hydrogen) atoms. The van der Waals surface area contributed by atoms with Crippen LogP contribution in [0.5, 0.6) is 0 Å². The van der Waals surface area contributed by atoms with E-state index in [4.69, 9.17) is 4.42 Å². The van der Waals surface area contributed by atoms with Crippen molar-refractivity contribution in [1.29, 1.82) is 0 Å². The van der Waals surface area contributed by atoms with Gasteiger partial charge in [-0.3, -0.25) is 0 Å². The Morgan fingerprint density at radius 3 is 2.94 bits per heavy atom. The lowest BCUT2D eigenvalue weighted by molar-refractivity contribution is 0.228. The Morgan fingerprint density at radius 2 is 2.38 bits per heavy atom.